The van der Waals surface area contributed by atoms with Crippen LogP contribution in [0.15, 0.2) is 0 Å². The maximum absolute atomic E-state index is 10.4. The molecule has 0 radical (unpaired) electrons. The molecule has 1 atom stereocenters. The van der Waals surface area contributed by atoms with Crippen molar-refractivity contribution < 1.29 is 57.5 Å². The molecule has 78 valence electrons. The van der Waals surface area contributed by atoms with Gasteiger partial charge in [-0.2, -0.15) is 0 Å². The van der Waals surface area contributed by atoms with Crippen LogP contribution < -0.4 is 29.6 Å². The summed E-state index contributed by atoms with van der Waals surface area (Å²) in [7, 11) is -4.79. The van der Waals surface area contributed by atoms with Crippen molar-refractivity contribution in [3.8, 4) is 0 Å². The molecule has 1 unspecified atom stereocenters. The fourth-order valence-corrected chi connectivity index (χ4v) is 1.09. The number of hydrogen-bond donors (Lipinski definition) is 2. The molecule has 0 aliphatic carbocycles. The number of rotatable bonds is 5. The molecule has 6 nitrogen and oxygen atoms in total. The molecule has 0 saturated carbocycles. The number of carboxylic acid groups (broad SMARTS) is 1. The molecule has 0 bridgehead atoms. The van der Waals surface area contributed by atoms with Gasteiger partial charge in [-0.05, 0) is 19.8 Å². The Hall–Kier alpha value is 0.340. The van der Waals surface area contributed by atoms with E-state index in [-0.39, 0.29) is 48.8 Å². The van der Waals surface area contributed by atoms with E-state index in [2.05, 4.69) is 0 Å². The number of carbonyl (C=O) groups is 1. The quantitative estimate of drug-likeness (QED) is 0.377. The first-order valence-corrected chi connectivity index (χ1v) is 4.97. The maximum Gasteiger partial charge on any atom is 1.00 e. The van der Waals surface area contributed by atoms with E-state index in [4.69, 9.17) is 10.2 Å². The Morgan fingerprint density at radius 3 is 2.21 bits per heavy atom. The molecule has 0 fully saturated rings. The third kappa shape index (κ3) is 5.94. The Kier molecular flexibility index (Phi) is 7.23. The van der Waals surface area contributed by atoms with E-state index < -0.39 is 21.0 Å². The average molecular weight is 234 g/mol. The normalized spacial score (nSPS) is 15.4. The van der Waals surface area contributed by atoms with Gasteiger partial charge in [-0.3, -0.25) is 4.79 Å². The van der Waals surface area contributed by atoms with Crippen molar-refractivity contribution in [2.45, 2.75) is 31.1 Å². The molecular weight excluding hydrogens is 223 g/mol. The van der Waals surface area contributed by atoms with E-state index in [1.54, 1.807) is 0 Å². The molecule has 2 N–H and O–H groups in total. The number of hydrogen-bond acceptors (Lipinski definition) is 5. The van der Waals surface area contributed by atoms with Gasteiger partial charge < -0.3 is 14.8 Å². The van der Waals surface area contributed by atoms with Gasteiger partial charge in [0.15, 0.2) is 4.93 Å². The van der Waals surface area contributed by atoms with Crippen LogP contribution in [0.5, 0.6) is 0 Å². The Balaban J connectivity index is 0. The molecule has 0 saturated heterocycles. The van der Waals surface area contributed by atoms with E-state index in [1.165, 1.54) is 0 Å². The third-order valence-corrected chi connectivity index (χ3v) is 2.85. The summed E-state index contributed by atoms with van der Waals surface area (Å²) < 4.78 is 31.1. The van der Waals surface area contributed by atoms with Gasteiger partial charge in [-0.15, -0.1) is 0 Å². The summed E-state index contributed by atoms with van der Waals surface area (Å²) in [6.45, 7) is 0.858. The Morgan fingerprint density at radius 1 is 1.50 bits per heavy atom. The van der Waals surface area contributed by atoms with Crippen LogP contribution in [0.1, 0.15) is 26.2 Å². The SMILES string of the molecule is CC(O)(CCCC(=O)O)S(=O)(=O)[O-].[Na+]. The summed E-state index contributed by atoms with van der Waals surface area (Å²) in [4.78, 5) is 7.65. The van der Waals surface area contributed by atoms with E-state index in [0.29, 0.717) is 0 Å². The van der Waals surface area contributed by atoms with Crippen LogP contribution >= 0.6 is 0 Å². The Labute approximate surface area is 104 Å². The van der Waals surface area contributed by atoms with Crippen LogP contribution in [0.4, 0.5) is 0 Å². The van der Waals surface area contributed by atoms with Gasteiger partial charge in [-0.25, -0.2) is 8.42 Å². The van der Waals surface area contributed by atoms with Crippen LogP contribution in [0.25, 0.3) is 0 Å². The van der Waals surface area contributed by atoms with E-state index in [0.717, 1.165) is 6.92 Å². The third-order valence-electron chi connectivity index (χ3n) is 1.57. The summed E-state index contributed by atoms with van der Waals surface area (Å²) >= 11 is 0. The minimum Gasteiger partial charge on any atom is -0.746 e. The van der Waals surface area contributed by atoms with Crippen molar-refractivity contribution in [1.82, 2.24) is 0 Å². The molecule has 0 aliphatic heterocycles. The molecule has 0 rings (SSSR count). The second kappa shape index (κ2) is 6.04. The topological polar surface area (TPSA) is 115 Å². The summed E-state index contributed by atoms with van der Waals surface area (Å²) in [5.74, 6) is -1.10. The van der Waals surface area contributed by atoms with Crippen LogP contribution in [0.2, 0.25) is 0 Å². The first-order valence-electron chi connectivity index (χ1n) is 3.56. The van der Waals surface area contributed by atoms with Crippen molar-refractivity contribution >= 4 is 16.1 Å². The van der Waals surface area contributed by atoms with Gasteiger partial charge in [0.05, 0.1) is 0 Å². The van der Waals surface area contributed by atoms with Gasteiger partial charge in [0, 0.05) is 6.42 Å². The first-order chi connectivity index (χ1) is 5.67. The molecule has 0 aromatic rings. The fraction of sp³-hybridized carbons (Fsp3) is 0.833. The Bertz CT molecular complexity index is 283. The zero-order valence-electron chi connectivity index (χ0n) is 8.06. The second-order valence-corrected chi connectivity index (χ2v) is 4.66. The zero-order valence-corrected chi connectivity index (χ0v) is 10.9. The first kappa shape index (κ1) is 16.8. The predicted octanol–water partition coefficient (Wildman–Crippen LogP) is -3.50. The summed E-state index contributed by atoms with van der Waals surface area (Å²) in [6.07, 6.45) is -0.694. The van der Waals surface area contributed by atoms with Crippen LogP contribution in [-0.4, -0.2) is 34.1 Å². The van der Waals surface area contributed by atoms with Gasteiger partial charge in [0.25, 0.3) is 0 Å². The van der Waals surface area contributed by atoms with Crippen molar-refractivity contribution in [2.75, 3.05) is 0 Å². The molecule has 0 aromatic heterocycles. The number of carboxylic acids is 1. The van der Waals surface area contributed by atoms with Gasteiger partial charge in [0.2, 0.25) is 0 Å². The molecule has 0 aliphatic rings. The smallest absolute Gasteiger partial charge is 0.746 e. The number of aliphatic hydroxyl groups is 1. The monoisotopic (exact) mass is 234 g/mol. The zero-order chi connectivity index (χ0) is 10.7. The van der Waals surface area contributed by atoms with Crippen molar-refractivity contribution in [3.05, 3.63) is 0 Å². The summed E-state index contributed by atoms with van der Waals surface area (Å²) in [5.41, 5.74) is 0. The van der Waals surface area contributed by atoms with E-state index in [1.807, 2.05) is 0 Å². The maximum atomic E-state index is 10.4. The largest absolute Gasteiger partial charge is 1.00 e. The van der Waals surface area contributed by atoms with Crippen LogP contribution in [-0.2, 0) is 14.9 Å². The molecule has 0 amide bonds. The van der Waals surface area contributed by atoms with Crippen molar-refractivity contribution in [2.24, 2.45) is 0 Å². The van der Waals surface area contributed by atoms with Crippen molar-refractivity contribution in [1.29, 1.82) is 0 Å². The standard InChI is InChI=1S/C6H12O6S.Na/c1-6(9,13(10,11)12)4-2-3-5(7)8;/h9H,2-4H2,1H3,(H,7,8)(H,10,11,12);/q;+1/p-1. The van der Waals surface area contributed by atoms with Crippen molar-refractivity contribution in [3.63, 3.8) is 0 Å². The molecule has 14 heavy (non-hydrogen) atoms. The second-order valence-electron chi connectivity index (χ2n) is 2.88. The van der Waals surface area contributed by atoms with Crippen LogP contribution in [0, 0.1) is 0 Å². The van der Waals surface area contributed by atoms with E-state index in [9.17, 15) is 17.8 Å². The minimum atomic E-state index is -4.79. The van der Waals surface area contributed by atoms with E-state index >= 15 is 0 Å². The summed E-state index contributed by atoms with van der Waals surface area (Å²) in [5, 5.41) is 17.3. The average Bonchev–Trinajstić information content (AvgIpc) is 1.82. The van der Waals surface area contributed by atoms with Gasteiger partial charge in [0.1, 0.15) is 10.1 Å². The minimum absolute atomic E-state index is 0. The molecule has 0 spiro atoms. The number of aliphatic carboxylic acids is 1. The molecular formula is C6H11NaO6S. The van der Waals surface area contributed by atoms with Crippen LogP contribution in [0.3, 0.4) is 0 Å². The Morgan fingerprint density at radius 2 is 1.93 bits per heavy atom. The molecule has 8 heteroatoms. The molecule has 0 aromatic carbocycles. The van der Waals surface area contributed by atoms with Gasteiger partial charge >= 0.3 is 35.5 Å². The predicted molar refractivity (Wildman–Crippen MR) is 41.8 cm³/mol. The summed E-state index contributed by atoms with van der Waals surface area (Å²) in [6, 6.07) is 0. The van der Waals surface area contributed by atoms with Gasteiger partial charge in [-0.1, -0.05) is 0 Å². The fourth-order valence-electron chi connectivity index (χ4n) is 0.693. The molecule has 0 heterocycles.